The lowest BCUT2D eigenvalue weighted by Crippen LogP contribution is -2.24. The number of nitrogen functional groups attached to an aromatic ring is 1. The molecule has 0 saturated heterocycles. The molecule has 2 aromatic carbocycles. The predicted molar refractivity (Wildman–Crippen MR) is 84.9 cm³/mol. The van der Waals surface area contributed by atoms with Gasteiger partial charge in [-0.15, -0.1) is 0 Å². The van der Waals surface area contributed by atoms with Crippen molar-refractivity contribution in [1.29, 1.82) is 0 Å². The number of hydrogen-bond donors (Lipinski definition) is 1. The number of fused-ring (bicyclic) bond motifs is 1. The summed E-state index contributed by atoms with van der Waals surface area (Å²) in [5, 5.41) is 5.83. The molecule has 3 rings (SSSR count). The van der Waals surface area contributed by atoms with Gasteiger partial charge < -0.3 is 5.73 Å². The van der Waals surface area contributed by atoms with E-state index in [4.69, 9.17) is 5.73 Å². The topological polar surface area (TPSA) is 73.3 Å². The molecule has 0 unspecified atom stereocenters. The second kappa shape index (κ2) is 5.80. The Morgan fingerprint density at radius 3 is 2.46 bits per heavy atom. The van der Waals surface area contributed by atoms with Gasteiger partial charge in [0.2, 0.25) is 5.95 Å². The Bertz CT molecular complexity index is 993. The minimum atomic E-state index is -4.74. The van der Waals surface area contributed by atoms with Gasteiger partial charge in [-0.05, 0) is 22.4 Å². The van der Waals surface area contributed by atoms with Crippen molar-refractivity contribution in [2.24, 2.45) is 5.10 Å². The van der Waals surface area contributed by atoms with Gasteiger partial charge in [0, 0.05) is 6.07 Å². The average Bonchev–Trinajstić information content (AvgIpc) is 2.53. The molecule has 2 N–H and O–H groups in total. The van der Waals surface area contributed by atoms with Crippen LogP contribution in [0.2, 0.25) is 0 Å². The van der Waals surface area contributed by atoms with Crippen LogP contribution in [0, 0.1) is 0 Å². The summed E-state index contributed by atoms with van der Waals surface area (Å²) in [6.45, 7) is 0. The summed E-state index contributed by atoms with van der Waals surface area (Å²) < 4.78 is 38.3. The maximum atomic E-state index is 12.6. The fourth-order valence-corrected chi connectivity index (χ4v) is 2.17. The van der Waals surface area contributed by atoms with E-state index < -0.39 is 23.4 Å². The molecule has 0 fully saturated rings. The van der Waals surface area contributed by atoms with Crippen LogP contribution in [0.25, 0.3) is 10.8 Å². The van der Waals surface area contributed by atoms with E-state index in [9.17, 15) is 18.0 Å². The summed E-state index contributed by atoms with van der Waals surface area (Å²) in [5.41, 5.74) is 3.73. The van der Waals surface area contributed by atoms with Crippen molar-refractivity contribution >= 4 is 22.9 Å². The van der Waals surface area contributed by atoms with Gasteiger partial charge in [-0.3, -0.25) is 4.79 Å². The first kappa shape index (κ1) is 15.7. The van der Waals surface area contributed by atoms with Crippen LogP contribution in [0.1, 0.15) is 11.3 Å². The minimum absolute atomic E-state index is 0.355. The zero-order valence-electron chi connectivity index (χ0n) is 12.2. The lowest BCUT2D eigenvalue weighted by molar-refractivity contribution is -0.141. The van der Waals surface area contributed by atoms with Gasteiger partial charge in [0.1, 0.15) is 0 Å². The predicted octanol–water partition coefficient (Wildman–Crippen LogP) is 2.88. The van der Waals surface area contributed by atoms with E-state index in [1.54, 1.807) is 6.07 Å². The summed E-state index contributed by atoms with van der Waals surface area (Å²) in [6, 6.07) is 13.5. The molecule has 24 heavy (non-hydrogen) atoms. The third-order valence-corrected chi connectivity index (χ3v) is 3.31. The summed E-state index contributed by atoms with van der Waals surface area (Å²) in [7, 11) is 0. The Hall–Kier alpha value is -3.16. The van der Waals surface area contributed by atoms with Crippen LogP contribution < -0.4 is 11.3 Å². The van der Waals surface area contributed by atoms with Gasteiger partial charge in [0.05, 0.1) is 6.21 Å². The van der Waals surface area contributed by atoms with E-state index >= 15 is 0 Å². The third kappa shape index (κ3) is 3.12. The maximum Gasteiger partial charge on any atom is 0.433 e. The Morgan fingerprint density at radius 1 is 1.08 bits per heavy atom. The number of nitrogens with two attached hydrogens (primary N) is 1. The molecule has 1 aromatic heterocycles. The van der Waals surface area contributed by atoms with E-state index in [2.05, 4.69) is 10.1 Å². The first-order valence-corrected chi connectivity index (χ1v) is 6.84. The zero-order chi connectivity index (χ0) is 17.3. The number of rotatable bonds is 2. The van der Waals surface area contributed by atoms with Crippen LogP contribution in [0.5, 0.6) is 0 Å². The van der Waals surface area contributed by atoms with Gasteiger partial charge in [-0.2, -0.15) is 22.9 Å². The second-order valence-corrected chi connectivity index (χ2v) is 5.00. The fourth-order valence-electron chi connectivity index (χ4n) is 2.17. The van der Waals surface area contributed by atoms with Crippen molar-refractivity contribution in [3.8, 4) is 0 Å². The molecular formula is C16H11F3N4O. The highest BCUT2D eigenvalue weighted by Gasteiger charge is 2.33. The molecule has 1 heterocycles. The van der Waals surface area contributed by atoms with Gasteiger partial charge in [-0.25, -0.2) is 4.98 Å². The Morgan fingerprint density at radius 2 is 1.79 bits per heavy atom. The van der Waals surface area contributed by atoms with E-state index in [0.717, 1.165) is 10.8 Å². The van der Waals surface area contributed by atoms with Crippen LogP contribution >= 0.6 is 0 Å². The first-order valence-electron chi connectivity index (χ1n) is 6.84. The van der Waals surface area contributed by atoms with Crippen molar-refractivity contribution in [1.82, 2.24) is 9.66 Å². The molecule has 5 nitrogen and oxygen atoms in total. The number of halogens is 3. The SMILES string of the molecule is Nc1nc(C(F)(F)F)cc(=O)n1N=Cc1ccc2ccccc2c1. The van der Waals surface area contributed by atoms with E-state index in [0.29, 0.717) is 16.3 Å². The minimum Gasteiger partial charge on any atom is -0.368 e. The van der Waals surface area contributed by atoms with Crippen molar-refractivity contribution in [3.05, 3.63) is 70.1 Å². The smallest absolute Gasteiger partial charge is 0.368 e. The van der Waals surface area contributed by atoms with Crippen LogP contribution in [0.15, 0.2) is 58.4 Å². The highest BCUT2D eigenvalue weighted by Crippen LogP contribution is 2.26. The van der Waals surface area contributed by atoms with Gasteiger partial charge in [-0.1, -0.05) is 36.4 Å². The number of benzene rings is 2. The quantitative estimate of drug-likeness (QED) is 0.733. The molecule has 0 amide bonds. The largest absolute Gasteiger partial charge is 0.433 e. The molecule has 0 atom stereocenters. The number of alkyl halides is 3. The van der Waals surface area contributed by atoms with Crippen molar-refractivity contribution in [3.63, 3.8) is 0 Å². The van der Waals surface area contributed by atoms with E-state index in [1.807, 2.05) is 36.4 Å². The van der Waals surface area contributed by atoms with Crippen molar-refractivity contribution in [2.75, 3.05) is 5.73 Å². The molecule has 3 aromatic rings. The number of nitrogens with zero attached hydrogens (tertiary/aromatic N) is 3. The monoisotopic (exact) mass is 332 g/mol. The standard InChI is InChI=1S/C16H11F3N4O/c17-16(18,19)13-8-14(24)23(15(20)22-13)21-9-10-5-6-11-3-1-2-4-12(11)7-10/h1-9H,(H2,20,22). The van der Waals surface area contributed by atoms with Gasteiger partial charge in [0.25, 0.3) is 5.56 Å². The van der Waals surface area contributed by atoms with Crippen molar-refractivity contribution in [2.45, 2.75) is 6.18 Å². The van der Waals surface area contributed by atoms with Crippen LogP contribution in [-0.4, -0.2) is 15.9 Å². The van der Waals surface area contributed by atoms with Crippen LogP contribution in [0.4, 0.5) is 19.1 Å². The Kier molecular flexibility index (Phi) is 3.80. The van der Waals surface area contributed by atoms with Crippen molar-refractivity contribution < 1.29 is 13.2 Å². The average molecular weight is 332 g/mol. The molecule has 0 radical (unpaired) electrons. The maximum absolute atomic E-state index is 12.6. The van der Waals surface area contributed by atoms with E-state index in [-0.39, 0.29) is 0 Å². The fraction of sp³-hybridized carbons (Fsp3) is 0.0625. The third-order valence-electron chi connectivity index (χ3n) is 3.31. The molecule has 0 saturated carbocycles. The molecule has 122 valence electrons. The normalized spacial score (nSPS) is 12.1. The zero-order valence-corrected chi connectivity index (χ0v) is 12.2. The first-order chi connectivity index (χ1) is 11.3. The molecule has 0 aliphatic heterocycles. The molecule has 8 heteroatoms. The highest BCUT2D eigenvalue weighted by atomic mass is 19.4. The lowest BCUT2D eigenvalue weighted by atomic mass is 10.1. The Labute approximate surface area is 133 Å². The lowest BCUT2D eigenvalue weighted by Gasteiger charge is -2.08. The summed E-state index contributed by atoms with van der Waals surface area (Å²) in [5.74, 6) is -0.633. The molecule has 0 aliphatic carbocycles. The summed E-state index contributed by atoms with van der Waals surface area (Å²) >= 11 is 0. The molecule has 0 aliphatic rings. The molecule has 0 bridgehead atoms. The molecule has 0 spiro atoms. The second-order valence-electron chi connectivity index (χ2n) is 5.00. The summed E-state index contributed by atoms with van der Waals surface area (Å²) in [6.07, 6.45) is -3.41. The van der Waals surface area contributed by atoms with Crippen LogP contribution in [0.3, 0.4) is 0 Å². The number of anilines is 1. The summed E-state index contributed by atoms with van der Waals surface area (Å²) in [4.78, 5) is 14.9. The van der Waals surface area contributed by atoms with Gasteiger partial charge >= 0.3 is 6.18 Å². The highest BCUT2D eigenvalue weighted by molar-refractivity contribution is 5.90. The van der Waals surface area contributed by atoms with E-state index in [1.165, 1.54) is 6.21 Å². The number of hydrogen-bond acceptors (Lipinski definition) is 4. The molecular weight excluding hydrogens is 321 g/mol. The Balaban J connectivity index is 1.97. The number of aromatic nitrogens is 2. The van der Waals surface area contributed by atoms with Gasteiger partial charge in [0.15, 0.2) is 5.69 Å². The van der Waals surface area contributed by atoms with Crippen LogP contribution in [-0.2, 0) is 6.18 Å².